The van der Waals surface area contributed by atoms with Crippen LogP contribution in [0.15, 0.2) is 5.38 Å². The molecule has 1 rings (SSSR count). The van der Waals surface area contributed by atoms with Crippen LogP contribution < -0.4 is 0 Å². The van der Waals surface area contributed by atoms with Crippen molar-refractivity contribution in [3.63, 3.8) is 0 Å². The zero-order valence-corrected chi connectivity index (χ0v) is 12.8. The first-order valence-electron chi connectivity index (χ1n) is 5.89. The van der Waals surface area contributed by atoms with Gasteiger partial charge >= 0.3 is 0 Å². The van der Waals surface area contributed by atoms with Crippen molar-refractivity contribution in [2.75, 3.05) is 19.4 Å². The molecule has 5 nitrogen and oxygen atoms in total. The molecule has 0 aliphatic heterocycles. The molecule has 0 fully saturated rings. The number of nitrogens with zero attached hydrogens (tertiary/aromatic N) is 2. The van der Waals surface area contributed by atoms with Crippen molar-refractivity contribution < 1.29 is 13.2 Å². The van der Waals surface area contributed by atoms with Crippen molar-refractivity contribution in [1.29, 1.82) is 0 Å². The van der Waals surface area contributed by atoms with E-state index < -0.39 is 10.0 Å². The predicted molar refractivity (Wildman–Crippen MR) is 73.1 cm³/mol. The molecule has 0 aromatic carbocycles. The predicted octanol–water partition coefficient (Wildman–Crippen LogP) is 2.02. The molecule has 1 heterocycles. The van der Waals surface area contributed by atoms with Crippen molar-refractivity contribution in [3.8, 4) is 0 Å². The second-order valence-electron chi connectivity index (χ2n) is 3.96. The summed E-state index contributed by atoms with van der Waals surface area (Å²) in [5.74, 6) is 0. The summed E-state index contributed by atoms with van der Waals surface area (Å²) in [5, 5.41) is 2.77. The lowest BCUT2D eigenvalue weighted by atomic mass is 10.4. The van der Waals surface area contributed by atoms with Gasteiger partial charge in [0.2, 0.25) is 10.0 Å². The molecule has 0 bridgehead atoms. The fourth-order valence-electron chi connectivity index (χ4n) is 1.55. The van der Waals surface area contributed by atoms with Gasteiger partial charge in [-0.2, -0.15) is 4.31 Å². The first-order chi connectivity index (χ1) is 8.38. The van der Waals surface area contributed by atoms with E-state index in [1.807, 2.05) is 26.2 Å². The van der Waals surface area contributed by atoms with Crippen LogP contribution >= 0.6 is 11.3 Å². The molecule has 104 valence electrons. The fraction of sp³-hybridized carbons (Fsp3) is 0.727. The number of thiazole rings is 1. The number of hydrogen-bond donors (Lipinski definition) is 0. The molecule has 0 aliphatic carbocycles. The molecule has 0 spiro atoms. The molecule has 18 heavy (non-hydrogen) atoms. The molecule has 0 aliphatic rings. The van der Waals surface area contributed by atoms with E-state index in [0.29, 0.717) is 19.7 Å². The zero-order valence-electron chi connectivity index (χ0n) is 11.2. The lowest BCUT2D eigenvalue weighted by Gasteiger charge is -2.16. The highest BCUT2D eigenvalue weighted by Crippen LogP contribution is 2.22. The summed E-state index contributed by atoms with van der Waals surface area (Å²) in [6, 6.07) is 0. The van der Waals surface area contributed by atoms with Crippen LogP contribution in [0.2, 0.25) is 0 Å². The van der Waals surface area contributed by atoms with E-state index in [1.165, 1.54) is 21.9 Å². The second kappa shape index (κ2) is 6.60. The van der Waals surface area contributed by atoms with Crippen LogP contribution in [0.25, 0.3) is 0 Å². The van der Waals surface area contributed by atoms with E-state index in [4.69, 9.17) is 4.74 Å². The van der Waals surface area contributed by atoms with Gasteiger partial charge in [0, 0.05) is 18.5 Å². The first kappa shape index (κ1) is 15.6. The normalized spacial score (nSPS) is 14.1. The molecule has 0 N–H and O–H groups in total. The Hall–Kier alpha value is -0.500. The highest BCUT2D eigenvalue weighted by molar-refractivity contribution is 7.88. The van der Waals surface area contributed by atoms with Gasteiger partial charge in [0.05, 0.1) is 18.5 Å². The molecule has 1 aromatic rings. The Bertz CT molecular complexity index is 470. The molecule has 0 radical (unpaired) electrons. The summed E-state index contributed by atoms with van der Waals surface area (Å²) < 4.78 is 29.8. The summed E-state index contributed by atoms with van der Waals surface area (Å²) in [4.78, 5) is 4.42. The molecule has 0 unspecified atom stereocenters. The Labute approximate surface area is 113 Å². The largest absolute Gasteiger partial charge is 0.372 e. The molecular weight excluding hydrogens is 272 g/mol. The summed E-state index contributed by atoms with van der Waals surface area (Å²) in [7, 11) is -3.17. The lowest BCUT2D eigenvalue weighted by Crippen LogP contribution is -2.29. The summed E-state index contributed by atoms with van der Waals surface area (Å²) in [6.45, 7) is 7.11. The third-order valence-electron chi connectivity index (χ3n) is 2.49. The van der Waals surface area contributed by atoms with Gasteiger partial charge in [-0.05, 0) is 13.8 Å². The van der Waals surface area contributed by atoms with Crippen molar-refractivity contribution in [1.82, 2.24) is 9.29 Å². The van der Waals surface area contributed by atoms with Gasteiger partial charge in [-0.1, -0.05) is 6.92 Å². The van der Waals surface area contributed by atoms with Gasteiger partial charge in [0.1, 0.15) is 11.1 Å². The Kier molecular flexibility index (Phi) is 5.71. The summed E-state index contributed by atoms with van der Waals surface area (Å²) in [5.41, 5.74) is 0.772. The van der Waals surface area contributed by atoms with Crippen molar-refractivity contribution in [3.05, 3.63) is 16.1 Å². The molecule has 0 saturated heterocycles. The Morgan fingerprint density at radius 2 is 2.17 bits per heavy atom. The highest BCUT2D eigenvalue weighted by Gasteiger charge is 2.17. The standard InChI is InChI=1S/C11H20N2O3S2/c1-5-13(18(4,14)15)7-10-8-17-11(12-10)9(3)16-6-2/h8-9H,5-7H2,1-4H3/t9-/m1/s1. The first-order valence-corrected chi connectivity index (χ1v) is 8.62. The van der Waals surface area contributed by atoms with Crippen LogP contribution in [0.4, 0.5) is 0 Å². The van der Waals surface area contributed by atoms with Crippen LogP contribution in [0, 0.1) is 0 Å². The average Bonchev–Trinajstić information content (AvgIpc) is 2.73. The Morgan fingerprint density at radius 1 is 1.50 bits per heavy atom. The summed E-state index contributed by atoms with van der Waals surface area (Å²) in [6.07, 6.45) is 1.18. The zero-order chi connectivity index (χ0) is 13.8. The molecule has 1 aromatic heterocycles. The third kappa shape index (κ3) is 4.31. The van der Waals surface area contributed by atoms with Gasteiger partial charge in [0.15, 0.2) is 0 Å². The van der Waals surface area contributed by atoms with E-state index in [1.54, 1.807) is 0 Å². The van der Waals surface area contributed by atoms with Crippen LogP contribution in [0.5, 0.6) is 0 Å². The highest BCUT2D eigenvalue weighted by atomic mass is 32.2. The van der Waals surface area contributed by atoms with Crippen LogP contribution in [-0.4, -0.2) is 37.1 Å². The van der Waals surface area contributed by atoms with Crippen molar-refractivity contribution in [2.45, 2.75) is 33.4 Å². The van der Waals surface area contributed by atoms with Crippen molar-refractivity contribution >= 4 is 21.4 Å². The van der Waals surface area contributed by atoms with Gasteiger partial charge in [-0.15, -0.1) is 11.3 Å². The fourth-order valence-corrected chi connectivity index (χ4v) is 3.20. The smallest absolute Gasteiger partial charge is 0.211 e. The SMILES string of the molecule is CCO[C@H](C)c1nc(CN(CC)S(C)(=O)=O)cs1. The Balaban J connectivity index is 2.74. The number of ether oxygens (including phenoxy) is 1. The average molecular weight is 292 g/mol. The van der Waals surface area contributed by atoms with E-state index in [0.717, 1.165) is 10.7 Å². The minimum Gasteiger partial charge on any atom is -0.372 e. The van der Waals surface area contributed by atoms with Crippen LogP contribution in [-0.2, 0) is 21.3 Å². The van der Waals surface area contributed by atoms with E-state index >= 15 is 0 Å². The minimum absolute atomic E-state index is 0.0398. The van der Waals surface area contributed by atoms with Crippen LogP contribution in [0.3, 0.4) is 0 Å². The number of rotatable bonds is 7. The molecule has 1 atom stereocenters. The van der Waals surface area contributed by atoms with Gasteiger partial charge in [-0.25, -0.2) is 13.4 Å². The summed E-state index contributed by atoms with van der Waals surface area (Å²) >= 11 is 1.50. The molecular formula is C11H20N2O3S2. The third-order valence-corrected chi connectivity index (χ3v) is 4.87. The topological polar surface area (TPSA) is 59.5 Å². The van der Waals surface area contributed by atoms with Gasteiger partial charge < -0.3 is 4.74 Å². The number of sulfonamides is 1. The molecule has 7 heteroatoms. The lowest BCUT2D eigenvalue weighted by molar-refractivity contribution is 0.0760. The maximum absolute atomic E-state index is 11.5. The molecule has 0 amide bonds. The maximum atomic E-state index is 11.5. The monoisotopic (exact) mass is 292 g/mol. The number of aromatic nitrogens is 1. The van der Waals surface area contributed by atoms with E-state index in [2.05, 4.69) is 4.98 Å². The van der Waals surface area contributed by atoms with Crippen molar-refractivity contribution in [2.24, 2.45) is 0 Å². The van der Waals surface area contributed by atoms with Gasteiger partial charge in [-0.3, -0.25) is 0 Å². The number of hydrogen-bond acceptors (Lipinski definition) is 5. The van der Waals surface area contributed by atoms with Gasteiger partial charge in [0.25, 0.3) is 0 Å². The Morgan fingerprint density at radius 3 is 2.67 bits per heavy atom. The molecule has 0 saturated carbocycles. The van der Waals surface area contributed by atoms with Crippen LogP contribution in [0.1, 0.15) is 37.6 Å². The maximum Gasteiger partial charge on any atom is 0.211 e. The van der Waals surface area contributed by atoms with E-state index in [-0.39, 0.29) is 6.10 Å². The quantitative estimate of drug-likeness (QED) is 0.771. The minimum atomic E-state index is -3.17. The second-order valence-corrected chi connectivity index (χ2v) is 6.84. The van der Waals surface area contributed by atoms with E-state index in [9.17, 15) is 8.42 Å².